The van der Waals surface area contributed by atoms with Gasteiger partial charge < -0.3 is 25.3 Å². The van der Waals surface area contributed by atoms with E-state index >= 15 is 0 Å². The summed E-state index contributed by atoms with van der Waals surface area (Å²) in [5.74, 6) is 1.13. The van der Waals surface area contributed by atoms with E-state index in [1.807, 2.05) is 31.1 Å². The highest BCUT2D eigenvalue weighted by atomic mass is 16.6. The van der Waals surface area contributed by atoms with E-state index in [9.17, 15) is 10.1 Å². The summed E-state index contributed by atoms with van der Waals surface area (Å²) in [4.78, 5) is 23.0. The molecule has 0 aliphatic heterocycles. The summed E-state index contributed by atoms with van der Waals surface area (Å²) in [5.41, 5.74) is 8.98. The lowest BCUT2D eigenvalue weighted by Gasteiger charge is -2.62. The maximum Gasteiger partial charge on any atom is 0.290 e. The molecule has 10 nitrogen and oxygen atoms in total. The number of nitrogens with two attached hydrogens (primary N) is 1. The van der Waals surface area contributed by atoms with Gasteiger partial charge in [-0.15, -0.1) is 0 Å². The Morgan fingerprint density at radius 2 is 2.05 bits per heavy atom. The quantitative estimate of drug-likeness (QED) is 0.329. The van der Waals surface area contributed by atoms with Crippen molar-refractivity contribution in [2.75, 3.05) is 34.3 Å². The third kappa shape index (κ3) is 3.66. The van der Waals surface area contributed by atoms with Crippen molar-refractivity contribution in [3.63, 3.8) is 0 Å². The van der Waals surface area contributed by atoms with Gasteiger partial charge in [0.2, 0.25) is 0 Å². The molecule has 4 aliphatic carbocycles. The molecule has 3 aromatic rings. The number of nitrogens with one attached hydrogen (secondary N) is 1. The van der Waals surface area contributed by atoms with Crippen LogP contribution in [-0.2, 0) is 15.8 Å². The maximum atomic E-state index is 12.1. The molecule has 3 N–H and O–H groups in total. The molecule has 2 unspecified atom stereocenters. The Hall–Kier alpha value is -3.60. The summed E-state index contributed by atoms with van der Waals surface area (Å²) in [5, 5.41) is 16.3. The highest BCUT2D eigenvalue weighted by Crippen LogP contribution is 2.63. The van der Waals surface area contributed by atoms with Crippen molar-refractivity contribution >= 4 is 10.9 Å². The van der Waals surface area contributed by atoms with Crippen LogP contribution in [0.4, 0.5) is 0 Å². The van der Waals surface area contributed by atoms with Gasteiger partial charge in [-0.1, -0.05) is 18.2 Å². The van der Waals surface area contributed by atoms with Gasteiger partial charge in [-0.2, -0.15) is 0 Å². The summed E-state index contributed by atoms with van der Waals surface area (Å²) in [6.07, 6.45) is 10.0. The monoisotopic (exact) mass is 515 g/mol. The smallest absolute Gasteiger partial charge is 0.290 e. The van der Waals surface area contributed by atoms with Crippen LogP contribution in [-0.4, -0.2) is 64.8 Å². The van der Waals surface area contributed by atoms with Crippen molar-refractivity contribution in [3.05, 3.63) is 82.2 Å². The number of likely N-dealkylation sites (N-methyl/N-ethyl adjacent to an activating group) is 2. The zero-order chi connectivity index (χ0) is 26.7. The topological polar surface area (TPSA) is 124 Å². The molecule has 2 heterocycles. The number of fused-ring (bicyclic) bond motifs is 1. The minimum absolute atomic E-state index is 0.0892. The van der Waals surface area contributed by atoms with E-state index in [1.165, 1.54) is 30.9 Å². The zero-order valence-electron chi connectivity index (χ0n) is 21.9. The van der Waals surface area contributed by atoms with Gasteiger partial charge in [-0.3, -0.25) is 10.1 Å². The lowest BCUT2D eigenvalue weighted by molar-refractivity contribution is -0.423. The molecule has 0 radical (unpaired) electrons. The minimum Gasteiger partial charge on any atom is -0.375 e. The molecule has 10 heteroatoms. The molecule has 0 saturated heterocycles. The van der Waals surface area contributed by atoms with Crippen molar-refractivity contribution in [2.24, 2.45) is 11.7 Å². The summed E-state index contributed by atoms with van der Waals surface area (Å²) >= 11 is 0. The van der Waals surface area contributed by atoms with E-state index in [-0.39, 0.29) is 17.1 Å². The molecule has 3 saturated carbocycles. The number of hydrogen-bond donors (Lipinski definition) is 2. The molecule has 198 valence electrons. The van der Waals surface area contributed by atoms with E-state index in [0.29, 0.717) is 18.8 Å². The highest BCUT2D eigenvalue weighted by molar-refractivity contribution is 5.95. The molecule has 0 amide bonds. The first kappa shape index (κ1) is 24.7. The second kappa shape index (κ2) is 9.00. The molecule has 1 aromatic carbocycles. The largest absolute Gasteiger partial charge is 0.375 e. The molecule has 0 spiro atoms. The predicted octanol–water partition coefficient (Wildman–Crippen LogP) is 2.99. The van der Waals surface area contributed by atoms with Crippen molar-refractivity contribution in [3.8, 4) is 11.3 Å². The van der Waals surface area contributed by atoms with E-state index in [0.717, 1.165) is 22.6 Å². The van der Waals surface area contributed by atoms with Crippen LogP contribution >= 0.6 is 0 Å². The molecule has 3 fully saturated rings. The first-order chi connectivity index (χ1) is 18.3. The van der Waals surface area contributed by atoms with Crippen molar-refractivity contribution in [1.29, 1.82) is 0 Å². The second-order valence-electron chi connectivity index (χ2n) is 10.9. The Labute approximate surface area is 221 Å². The Balaban J connectivity index is 1.42. The Morgan fingerprint density at radius 1 is 1.29 bits per heavy atom. The van der Waals surface area contributed by atoms with Crippen LogP contribution in [0.15, 0.2) is 66.3 Å². The Kier molecular flexibility index (Phi) is 5.86. The first-order valence-corrected chi connectivity index (χ1v) is 13.0. The van der Waals surface area contributed by atoms with Crippen LogP contribution in [0, 0.1) is 16.0 Å². The van der Waals surface area contributed by atoms with Gasteiger partial charge in [0.05, 0.1) is 10.6 Å². The minimum atomic E-state index is -1.42. The second-order valence-corrected chi connectivity index (χ2v) is 10.9. The fourth-order valence-corrected chi connectivity index (χ4v) is 6.29. The molecule has 2 aromatic heterocycles. The lowest BCUT2D eigenvalue weighted by atomic mass is 9.49. The van der Waals surface area contributed by atoms with E-state index in [4.69, 9.17) is 15.5 Å². The van der Waals surface area contributed by atoms with Crippen LogP contribution in [0.1, 0.15) is 25.1 Å². The SMILES string of the molecule is CNCCN(C)C1=CC(OC)C(N)(c2nccc(-c3cn(C45CC(C4)C5)c4ccccc34)n2)C=C1[N+](=O)[O-]. The standard InChI is InChI=1S/C28H33N7O3/c1-30-10-11-33(2)23-12-25(38-3)28(29,16-24(23)35(36)37)26-31-9-8-21(32-26)20-17-34(27-13-18(14-27)15-27)22-7-5-4-6-19(20)22/h4-9,12,16-18,25,30H,10-11,13-15,29H2,1-3H3. The first-order valence-electron chi connectivity index (χ1n) is 13.0. The summed E-state index contributed by atoms with van der Waals surface area (Å²) in [6.45, 7) is 1.25. The van der Waals surface area contributed by atoms with E-state index < -0.39 is 16.6 Å². The number of rotatable bonds is 9. The van der Waals surface area contributed by atoms with Gasteiger partial charge in [0.1, 0.15) is 17.3 Å². The van der Waals surface area contributed by atoms with Crippen LogP contribution in [0.2, 0.25) is 0 Å². The Morgan fingerprint density at radius 3 is 2.71 bits per heavy atom. The summed E-state index contributed by atoms with van der Waals surface area (Å²) in [6, 6.07) is 10.3. The molecular weight excluding hydrogens is 482 g/mol. The van der Waals surface area contributed by atoms with Crippen LogP contribution in [0.5, 0.6) is 0 Å². The summed E-state index contributed by atoms with van der Waals surface area (Å²) in [7, 11) is 5.20. The number of hydrogen-bond acceptors (Lipinski definition) is 8. The lowest BCUT2D eigenvalue weighted by Crippen LogP contribution is -2.58. The fourth-order valence-electron chi connectivity index (χ4n) is 6.29. The fraction of sp³-hybridized carbons (Fsp3) is 0.429. The number of benzene rings is 1. The molecule has 4 aliphatic rings. The number of aromatic nitrogens is 3. The van der Waals surface area contributed by atoms with Gasteiger partial charge in [0, 0.05) is 67.7 Å². The number of ether oxygens (including phenoxy) is 1. The zero-order valence-corrected chi connectivity index (χ0v) is 21.9. The third-order valence-corrected chi connectivity index (χ3v) is 8.52. The van der Waals surface area contributed by atoms with Gasteiger partial charge >= 0.3 is 0 Å². The van der Waals surface area contributed by atoms with Crippen LogP contribution < -0.4 is 11.1 Å². The van der Waals surface area contributed by atoms with E-state index in [1.54, 1.807) is 19.4 Å². The van der Waals surface area contributed by atoms with Crippen LogP contribution in [0.3, 0.4) is 0 Å². The third-order valence-electron chi connectivity index (χ3n) is 8.52. The van der Waals surface area contributed by atoms with Crippen LogP contribution in [0.25, 0.3) is 22.2 Å². The molecule has 38 heavy (non-hydrogen) atoms. The Bertz CT molecular complexity index is 1460. The van der Waals surface area contributed by atoms with Gasteiger partial charge in [-0.05, 0) is 50.4 Å². The average molecular weight is 516 g/mol. The molecule has 7 rings (SSSR count). The van der Waals surface area contributed by atoms with E-state index in [2.05, 4.69) is 39.3 Å². The number of methoxy groups -OCH3 is 1. The summed E-state index contributed by atoms with van der Waals surface area (Å²) < 4.78 is 8.20. The predicted molar refractivity (Wildman–Crippen MR) is 145 cm³/mol. The van der Waals surface area contributed by atoms with Gasteiger partial charge in [0.15, 0.2) is 5.82 Å². The molecular formula is C28H33N7O3. The maximum absolute atomic E-state index is 12.1. The normalized spacial score (nSPS) is 27.8. The number of para-hydroxylation sites is 1. The van der Waals surface area contributed by atoms with Gasteiger partial charge in [0.25, 0.3) is 5.70 Å². The number of nitro groups is 1. The molecule has 2 bridgehead atoms. The molecule has 2 atom stereocenters. The number of nitrogens with zero attached hydrogens (tertiary/aromatic N) is 5. The van der Waals surface area contributed by atoms with Gasteiger partial charge in [-0.25, -0.2) is 9.97 Å². The van der Waals surface area contributed by atoms with Crippen molar-refractivity contribution in [1.82, 2.24) is 24.8 Å². The van der Waals surface area contributed by atoms with Crippen molar-refractivity contribution < 1.29 is 9.66 Å². The average Bonchev–Trinajstić information content (AvgIpc) is 3.24. The van der Waals surface area contributed by atoms with Crippen molar-refractivity contribution in [2.45, 2.75) is 36.4 Å². The highest BCUT2D eigenvalue weighted by Gasteiger charge is 2.58.